The van der Waals surface area contributed by atoms with Crippen molar-refractivity contribution >= 4 is 23.3 Å². The van der Waals surface area contributed by atoms with Crippen LogP contribution in [0.25, 0.3) is 5.65 Å². The molecule has 26 heavy (non-hydrogen) atoms. The van der Waals surface area contributed by atoms with E-state index >= 15 is 0 Å². The maximum absolute atomic E-state index is 12.4. The summed E-state index contributed by atoms with van der Waals surface area (Å²) in [6, 6.07) is 3.67. The molecule has 1 amide bonds. The van der Waals surface area contributed by atoms with E-state index in [2.05, 4.69) is 25.4 Å². The zero-order valence-corrected chi connectivity index (χ0v) is 14.6. The van der Waals surface area contributed by atoms with Crippen LogP contribution in [0.5, 0.6) is 0 Å². The van der Waals surface area contributed by atoms with E-state index in [4.69, 9.17) is 4.74 Å². The van der Waals surface area contributed by atoms with Gasteiger partial charge in [-0.2, -0.15) is 0 Å². The average Bonchev–Trinajstić information content (AvgIpc) is 3.05. The number of hydrogen-bond donors (Lipinski definition) is 1. The second-order valence-electron chi connectivity index (χ2n) is 6.16. The first kappa shape index (κ1) is 16.4. The zero-order valence-electron chi connectivity index (χ0n) is 14.6. The third kappa shape index (κ3) is 3.21. The minimum atomic E-state index is -0.309. The predicted molar refractivity (Wildman–Crippen MR) is 95.5 cm³/mol. The molecule has 0 bridgehead atoms. The van der Waals surface area contributed by atoms with Gasteiger partial charge in [0, 0.05) is 42.9 Å². The fraction of sp³-hybridized carbons (Fsp3) is 0.353. The van der Waals surface area contributed by atoms with Gasteiger partial charge in [-0.05, 0) is 19.9 Å². The largest absolute Gasteiger partial charge is 0.378 e. The lowest BCUT2D eigenvalue weighted by Crippen LogP contribution is -2.37. The molecular weight excluding hydrogens is 334 g/mol. The van der Waals surface area contributed by atoms with Crippen LogP contribution in [0.4, 0.5) is 11.8 Å². The lowest BCUT2D eigenvalue weighted by atomic mass is 10.3. The van der Waals surface area contributed by atoms with Crippen LogP contribution in [0, 0.1) is 13.8 Å². The molecule has 0 unspecified atom stereocenters. The van der Waals surface area contributed by atoms with Crippen LogP contribution in [0.15, 0.2) is 24.5 Å². The van der Waals surface area contributed by atoms with E-state index in [1.165, 1.54) is 12.4 Å². The number of morpholine rings is 1. The highest BCUT2D eigenvalue weighted by atomic mass is 16.5. The van der Waals surface area contributed by atoms with Crippen molar-refractivity contribution in [2.75, 3.05) is 36.5 Å². The Morgan fingerprint density at radius 1 is 1.15 bits per heavy atom. The second-order valence-corrected chi connectivity index (χ2v) is 6.16. The number of ether oxygens (including phenoxy) is 1. The molecular formula is C17H19N7O2. The number of aromatic nitrogens is 5. The van der Waals surface area contributed by atoms with Crippen molar-refractivity contribution in [3.05, 3.63) is 41.5 Å². The number of carbonyl (C=O) groups is 1. The van der Waals surface area contributed by atoms with E-state index in [-0.39, 0.29) is 5.91 Å². The maximum atomic E-state index is 12.4. The van der Waals surface area contributed by atoms with E-state index in [0.717, 1.165) is 24.5 Å². The second kappa shape index (κ2) is 6.68. The first-order valence-electron chi connectivity index (χ1n) is 8.40. The lowest BCUT2D eigenvalue weighted by Gasteiger charge is -2.26. The van der Waals surface area contributed by atoms with E-state index in [1.54, 1.807) is 10.6 Å². The Kier molecular flexibility index (Phi) is 4.21. The molecule has 1 fully saturated rings. The van der Waals surface area contributed by atoms with Gasteiger partial charge < -0.3 is 15.0 Å². The SMILES string of the molecule is Cc1cc(C)n2nc(NC(=O)c3cnc(N4CCOCC4)nc3)cc2n1. The highest BCUT2D eigenvalue weighted by Crippen LogP contribution is 2.14. The number of carbonyl (C=O) groups excluding carboxylic acids is 1. The van der Waals surface area contributed by atoms with Crippen molar-refractivity contribution in [3.63, 3.8) is 0 Å². The van der Waals surface area contributed by atoms with E-state index in [0.29, 0.717) is 36.2 Å². The summed E-state index contributed by atoms with van der Waals surface area (Å²) in [5, 5.41) is 7.14. The van der Waals surface area contributed by atoms with Crippen molar-refractivity contribution in [3.8, 4) is 0 Å². The number of nitrogens with one attached hydrogen (secondary N) is 1. The van der Waals surface area contributed by atoms with Crippen LogP contribution in [0.3, 0.4) is 0 Å². The smallest absolute Gasteiger partial charge is 0.260 e. The molecule has 1 saturated heterocycles. The fourth-order valence-electron chi connectivity index (χ4n) is 2.90. The van der Waals surface area contributed by atoms with Crippen LogP contribution in [0.1, 0.15) is 21.7 Å². The Morgan fingerprint density at radius 3 is 2.62 bits per heavy atom. The van der Waals surface area contributed by atoms with Gasteiger partial charge in [0.15, 0.2) is 11.5 Å². The minimum absolute atomic E-state index is 0.309. The Bertz CT molecular complexity index is 946. The van der Waals surface area contributed by atoms with Gasteiger partial charge in [-0.15, -0.1) is 5.10 Å². The summed E-state index contributed by atoms with van der Waals surface area (Å²) in [7, 11) is 0. The molecule has 3 aromatic heterocycles. The van der Waals surface area contributed by atoms with E-state index in [1.807, 2.05) is 24.8 Å². The molecule has 0 radical (unpaired) electrons. The number of amides is 1. The normalized spacial score (nSPS) is 14.6. The van der Waals surface area contributed by atoms with Crippen molar-refractivity contribution in [2.45, 2.75) is 13.8 Å². The Labute approximate surface area is 150 Å². The van der Waals surface area contributed by atoms with Gasteiger partial charge in [0.2, 0.25) is 5.95 Å². The van der Waals surface area contributed by atoms with Gasteiger partial charge in [-0.1, -0.05) is 0 Å². The Morgan fingerprint density at radius 2 is 1.88 bits per heavy atom. The number of rotatable bonds is 3. The summed E-state index contributed by atoms with van der Waals surface area (Å²) in [5.74, 6) is 0.734. The molecule has 0 atom stereocenters. The third-order valence-electron chi connectivity index (χ3n) is 4.17. The summed E-state index contributed by atoms with van der Waals surface area (Å²) in [5.41, 5.74) is 2.92. The highest BCUT2D eigenvalue weighted by Gasteiger charge is 2.15. The number of anilines is 2. The summed E-state index contributed by atoms with van der Waals surface area (Å²) >= 11 is 0. The molecule has 1 N–H and O–H groups in total. The molecule has 0 spiro atoms. The fourth-order valence-corrected chi connectivity index (χ4v) is 2.90. The molecule has 4 rings (SSSR count). The quantitative estimate of drug-likeness (QED) is 0.756. The van der Waals surface area contributed by atoms with Crippen LogP contribution in [0.2, 0.25) is 0 Å². The van der Waals surface area contributed by atoms with Gasteiger partial charge in [0.1, 0.15) is 0 Å². The minimum Gasteiger partial charge on any atom is -0.378 e. The first-order chi connectivity index (χ1) is 12.6. The maximum Gasteiger partial charge on any atom is 0.260 e. The molecule has 9 heteroatoms. The van der Waals surface area contributed by atoms with Gasteiger partial charge in [0.25, 0.3) is 5.91 Å². The molecule has 9 nitrogen and oxygen atoms in total. The Balaban J connectivity index is 1.50. The summed E-state index contributed by atoms with van der Waals surface area (Å²) in [6.07, 6.45) is 3.05. The predicted octanol–water partition coefficient (Wildman–Crippen LogP) is 1.23. The third-order valence-corrected chi connectivity index (χ3v) is 4.17. The molecule has 1 aliphatic heterocycles. The molecule has 3 aromatic rings. The van der Waals surface area contributed by atoms with Crippen LogP contribution >= 0.6 is 0 Å². The summed E-state index contributed by atoms with van der Waals surface area (Å²) < 4.78 is 7.01. The van der Waals surface area contributed by atoms with Crippen molar-refractivity contribution in [1.29, 1.82) is 0 Å². The zero-order chi connectivity index (χ0) is 18.1. The molecule has 1 aliphatic rings. The monoisotopic (exact) mass is 353 g/mol. The molecule has 134 valence electrons. The molecule has 0 aliphatic carbocycles. The number of fused-ring (bicyclic) bond motifs is 1. The highest BCUT2D eigenvalue weighted by molar-refractivity contribution is 6.03. The van der Waals surface area contributed by atoms with Gasteiger partial charge in [-0.3, -0.25) is 4.79 Å². The van der Waals surface area contributed by atoms with Gasteiger partial charge in [-0.25, -0.2) is 19.5 Å². The number of aryl methyl sites for hydroxylation is 2. The average molecular weight is 353 g/mol. The van der Waals surface area contributed by atoms with E-state index < -0.39 is 0 Å². The summed E-state index contributed by atoms with van der Waals surface area (Å²) in [6.45, 7) is 6.68. The van der Waals surface area contributed by atoms with Crippen molar-refractivity contribution < 1.29 is 9.53 Å². The van der Waals surface area contributed by atoms with Crippen molar-refractivity contribution in [2.24, 2.45) is 0 Å². The molecule has 4 heterocycles. The van der Waals surface area contributed by atoms with Crippen LogP contribution in [-0.2, 0) is 4.74 Å². The van der Waals surface area contributed by atoms with Gasteiger partial charge in [0.05, 0.1) is 18.8 Å². The summed E-state index contributed by atoms with van der Waals surface area (Å²) in [4.78, 5) is 27.5. The number of nitrogens with zero attached hydrogens (tertiary/aromatic N) is 6. The standard InChI is InChI=1S/C17H19N7O2/c1-11-7-12(2)24-15(20-11)8-14(22-24)21-16(25)13-9-18-17(19-10-13)23-3-5-26-6-4-23/h7-10H,3-6H2,1-2H3,(H,21,22,25). The van der Waals surface area contributed by atoms with Crippen LogP contribution < -0.4 is 10.2 Å². The molecule has 0 saturated carbocycles. The van der Waals surface area contributed by atoms with Crippen LogP contribution in [-0.4, -0.2) is 56.8 Å². The first-order valence-corrected chi connectivity index (χ1v) is 8.40. The lowest BCUT2D eigenvalue weighted by molar-refractivity contribution is 0.102. The topological polar surface area (TPSA) is 97.5 Å². The van der Waals surface area contributed by atoms with Gasteiger partial charge >= 0.3 is 0 Å². The van der Waals surface area contributed by atoms with Crippen molar-refractivity contribution in [1.82, 2.24) is 24.6 Å². The Hall–Kier alpha value is -3.07. The number of hydrogen-bond acceptors (Lipinski definition) is 7. The molecule has 0 aromatic carbocycles. The van der Waals surface area contributed by atoms with E-state index in [9.17, 15) is 4.79 Å².